The molecule has 0 saturated carbocycles. The van der Waals surface area contributed by atoms with Gasteiger partial charge in [-0.05, 0) is 32.0 Å². The van der Waals surface area contributed by atoms with Crippen molar-refractivity contribution in [2.45, 2.75) is 64.6 Å². The van der Waals surface area contributed by atoms with Gasteiger partial charge in [-0.2, -0.15) is 0 Å². The fourth-order valence-electron chi connectivity index (χ4n) is 1.44. The number of rotatable bonds is 9. The van der Waals surface area contributed by atoms with Gasteiger partial charge in [0.15, 0.2) is 0 Å². The molecule has 0 fully saturated rings. The Hall–Kier alpha value is -0.383. The van der Waals surface area contributed by atoms with Crippen molar-refractivity contribution >= 4 is 14.4 Å². The van der Waals surface area contributed by atoms with E-state index >= 15 is 0 Å². The van der Waals surface area contributed by atoms with Crippen LogP contribution >= 0.6 is 0 Å². The highest BCUT2D eigenvalue weighted by Gasteiger charge is 2.19. The summed E-state index contributed by atoms with van der Waals surface area (Å²) in [7, 11) is -2.48. The van der Waals surface area contributed by atoms with E-state index in [9.17, 15) is 8.90 Å². The van der Waals surface area contributed by atoms with E-state index in [1.807, 2.05) is 0 Å². The molecule has 0 aliphatic rings. The van der Waals surface area contributed by atoms with Gasteiger partial charge >= 0.3 is 5.97 Å². The molecule has 0 amide bonds. The maximum Gasteiger partial charge on any atom is 0.305 e. The number of unbranched alkanes of at least 4 members (excludes halogenated alkanes) is 3. The first-order chi connectivity index (χ1) is 7.45. The zero-order valence-corrected chi connectivity index (χ0v) is 11.9. The Labute approximate surface area is 99.7 Å². The molecule has 16 heavy (non-hydrogen) atoms. The summed E-state index contributed by atoms with van der Waals surface area (Å²) in [6.07, 6.45) is 5.44. The van der Waals surface area contributed by atoms with E-state index in [4.69, 9.17) is 4.74 Å². The Morgan fingerprint density at radius 1 is 1.19 bits per heavy atom. The molecule has 0 spiro atoms. The quantitative estimate of drug-likeness (QED) is 0.266. The van der Waals surface area contributed by atoms with E-state index in [2.05, 4.69) is 6.92 Å². The van der Waals surface area contributed by atoms with Gasteiger partial charge in [-0.1, -0.05) is 26.2 Å². The number of esters is 1. The van der Waals surface area contributed by atoms with Crippen LogP contribution in [0.3, 0.4) is 0 Å². The molecular formula is C12H25FO2Si. The van der Waals surface area contributed by atoms with Crippen LogP contribution in [0.15, 0.2) is 0 Å². The van der Waals surface area contributed by atoms with Crippen LogP contribution in [0.2, 0.25) is 19.1 Å². The molecule has 4 heteroatoms. The SMILES string of the molecule is CCCCCCOC(=O)CCC[Si](C)(C)F. The molecule has 0 radical (unpaired) electrons. The number of hydrogen-bond donors (Lipinski definition) is 0. The van der Waals surface area contributed by atoms with E-state index in [1.54, 1.807) is 13.1 Å². The first kappa shape index (κ1) is 15.6. The van der Waals surface area contributed by atoms with Gasteiger partial charge in [0.25, 0.3) is 0 Å². The maximum atomic E-state index is 13.2. The molecule has 0 aliphatic heterocycles. The van der Waals surface area contributed by atoms with Gasteiger partial charge < -0.3 is 8.84 Å². The average Bonchev–Trinajstić information content (AvgIpc) is 2.15. The second-order valence-corrected chi connectivity index (χ2v) is 8.79. The summed E-state index contributed by atoms with van der Waals surface area (Å²) < 4.78 is 18.3. The molecule has 2 nitrogen and oxygen atoms in total. The largest absolute Gasteiger partial charge is 0.466 e. The summed E-state index contributed by atoms with van der Waals surface area (Å²) in [5.74, 6) is -0.172. The van der Waals surface area contributed by atoms with Crippen LogP contribution in [0.25, 0.3) is 0 Å². The molecule has 96 valence electrons. The van der Waals surface area contributed by atoms with Crippen molar-refractivity contribution in [2.75, 3.05) is 6.61 Å². The Morgan fingerprint density at radius 2 is 1.88 bits per heavy atom. The van der Waals surface area contributed by atoms with Crippen molar-refractivity contribution in [3.63, 3.8) is 0 Å². The normalized spacial score (nSPS) is 11.5. The van der Waals surface area contributed by atoms with E-state index in [-0.39, 0.29) is 5.97 Å². The highest BCUT2D eigenvalue weighted by molar-refractivity contribution is 6.70. The van der Waals surface area contributed by atoms with Gasteiger partial charge in [-0.15, -0.1) is 0 Å². The lowest BCUT2D eigenvalue weighted by Gasteiger charge is -2.09. The van der Waals surface area contributed by atoms with Gasteiger partial charge in [-0.3, -0.25) is 4.79 Å². The van der Waals surface area contributed by atoms with E-state index in [0.717, 1.165) is 12.8 Å². The number of hydrogen-bond acceptors (Lipinski definition) is 2. The second kappa shape index (κ2) is 8.73. The Morgan fingerprint density at radius 3 is 2.44 bits per heavy atom. The number of carbonyl (C=O) groups is 1. The van der Waals surface area contributed by atoms with Crippen LogP contribution in [0.4, 0.5) is 4.11 Å². The van der Waals surface area contributed by atoms with Crippen LogP contribution in [-0.2, 0) is 9.53 Å². The molecule has 0 unspecified atom stereocenters. The first-order valence-corrected chi connectivity index (χ1v) is 9.39. The lowest BCUT2D eigenvalue weighted by molar-refractivity contribution is -0.143. The third-order valence-electron chi connectivity index (χ3n) is 2.41. The molecule has 0 saturated heterocycles. The molecule has 0 aromatic carbocycles. The first-order valence-electron chi connectivity index (χ1n) is 6.30. The molecule has 0 aromatic heterocycles. The molecule has 0 heterocycles. The van der Waals surface area contributed by atoms with Crippen molar-refractivity contribution in [1.82, 2.24) is 0 Å². The smallest absolute Gasteiger partial charge is 0.305 e. The highest BCUT2D eigenvalue weighted by atomic mass is 28.4. The predicted molar refractivity (Wildman–Crippen MR) is 67.7 cm³/mol. The minimum atomic E-state index is -2.48. The summed E-state index contributed by atoms with van der Waals surface area (Å²) in [6.45, 7) is 6.01. The Bertz CT molecular complexity index is 190. The molecule has 0 rings (SSSR count). The second-order valence-electron chi connectivity index (χ2n) is 4.85. The Balaban J connectivity index is 3.32. The minimum absolute atomic E-state index is 0.172. The van der Waals surface area contributed by atoms with Crippen molar-refractivity contribution in [2.24, 2.45) is 0 Å². The molecule has 0 atom stereocenters. The fraction of sp³-hybridized carbons (Fsp3) is 0.917. The monoisotopic (exact) mass is 248 g/mol. The van der Waals surface area contributed by atoms with Crippen molar-refractivity contribution in [3.8, 4) is 0 Å². The summed E-state index contributed by atoms with van der Waals surface area (Å²) in [5, 5.41) is 0. The third kappa shape index (κ3) is 11.7. The van der Waals surface area contributed by atoms with Crippen LogP contribution in [0, 0.1) is 0 Å². The lowest BCUT2D eigenvalue weighted by Crippen LogP contribution is -2.18. The molecule has 0 aromatic rings. The molecule has 0 bridgehead atoms. The predicted octanol–water partition coefficient (Wildman–Crippen LogP) is 4.06. The fourth-order valence-corrected chi connectivity index (χ4v) is 2.46. The van der Waals surface area contributed by atoms with Gasteiger partial charge in [-0.25, -0.2) is 0 Å². The van der Waals surface area contributed by atoms with Gasteiger partial charge in [0, 0.05) is 6.42 Å². The van der Waals surface area contributed by atoms with Crippen LogP contribution < -0.4 is 0 Å². The average molecular weight is 248 g/mol. The van der Waals surface area contributed by atoms with Crippen molar-refractivity contribution in [3.05, 3.63) is 0 Å². The standard InChI is InChI=1S/C12H25FO2Si/c1-4-5-6-7-10-15-12(14)9-8-11-16(2,3)13/h4-11H2,1-3H3. The zero-order valence-electron chi connectivity index (χ0n) is 10.9. The van der Waals surface area contributed by atoms with Crippen LogP contribution in [0.1, 0.15) is 45.4 Å². The molecule has 0 N–H and O–H groups in total. The number of ether oxygens (including phenoxy) is 1. The van der Waals surface area contributed by atoms with E-state index < -0.39 is 8.41 Å². The molecular weight excluding hydrogens is 223 g/mol. The minimum Gasteiger partial charge on any atom is -0.466 e. The van der Waals surface area contributed by atoms with Crippen LogP contribution in [0.5, 0.6) is 0 Å². The maximum absolute atomic E-state index is 13.2. The number of halogens is 1. The lowest BCUT2D eigenvalue weighted by atomic mass is 10.2. The number of carbonyl (C=O) groups excluding carboxylic acids is 1. The third-order valence-corrected chi connectivity index (χ3v) is 3.96. The van der Waals surface area contributed by atoms with Crippen molar-refractivity contribution in [1.29, 1.82) is 0 Å². The topological polar surface area (TPSA) is 26.3 Å². The zero-order chi connectivity index (χ0) is 12.4. The highest BCUT2D eigenvalue weighted by Crippen LogP contribution is 2.14. The summed E-state index contributed by atoms with van der Waals surface area (Å²) in [6, 6.07) is 0.554. The van der Waals surface area contributed by atoms with Crippen molar-refractivity contribution < 1.29 is 13.6 Å². The van der Waals surface area contributed by atoms with E-state index in [0.29, 0.717) is 25.5 Å². The Kier molecular flexibility index (Phi) is 8.52. The van der Waals surface area contributed by atoms with Gasteiger partial charge in [0.05, 0.1) is 6.61 Å². The van der Waals surface area contributed by atoms with Crippen LogP contribution in [-0.4, -0.2) is 21.0 Å². The van der Waals surface area contributed by atoms with E-state index in [1.165, 1.54) is 12.8 Å². The van der Waals surface area contributed by atoms with Gasteiger partial charge in [0.1, 0.15) is 0 Å². The summed E-state index contributed by atoms with van der Waals surface area (Å²) in [5.41, 5.74) is 0. The summed E-state index contributed by atoms with van der Waals surface area (Å²) in [4.78, 5) is 11.2. The summed E-state index contributed by atoms with van der Waals surface area (Å²) >= 11 is 0. The van der Waals surface area contributed by atoms with Gasteiger partial charge in [0.2, 0.25) is 8.41 Å². The molecule has 0 aliphatic carbocycles.